The summed E-state index contributed by atoms with van der Waals surface area (Å²) in [5.74, 6) is 1.78. The minimum absolute atomic E-state index is 0. The largest absolute Gasteiger partial charge is 0.466 e. The number of halogens is 1. The van der Waals surface area contributed by atoms with Crippen LogP contribution in [0.3, 0.4) is 0 Å². The summed E-state index contributed by atoms with van der Waals surface area (Å²) < 4.78 is 5.14. The molecule has 0 aromatic heterocycles. The Kier molecular flexibility index (Phi) is 8.36. The van der Waals surface area contributed by atoms with E-state index in [1.165, 1.54) is 19.3 Å². The molecule has 1 heterocycles. The molecule has 1 aliphatic heterocycles. The van der Waals surface area contributed by atoms with Crippen molar-refractivity contribution in [2.45, 2.75) is 39.0 Å². The number of nitrogens with zero attached hydrogens (tertiary/aromatic N) is 2. The Morgan fingerprint density at radius 3 is 2.76 bits per heavy atom. The number of aliphatic imine (C=N–C) groups is 1. The van der Waals surface area contributed by atoms with Crippen LogP contribution in [-0.4, -0.2) is 50.1 Å². The van der Waals surface area contributed by atoms with Crippen LogP contribution in [0, 0.1) is 11.8 Å². The molecule has 0 bridgehead atoms. The minimum atomic E-state index is -0.0642. The van der Waals surface area contributed by atoms with E-state index in [-0.39, 0.29) is 35.9 Å². The number of ether oxygens (including phenoxy) is 1. The molecule has 0 radical (unpaired) electrons. The lowest BCUT2D eigenvalue weighted by Crippen LogP contribution is -2.48. The van der Waals surface area contributed by atoms with Crippen LogP contribution in [0.15, 0.2) is 4.99 Å². The molecule has 122 valence electrons. The molecule has 2 rings (SSSR count). The van der Waals surface area contributed by atoms with Crippen LogP contribution < -0.4 is 5.32 Å². The van der Waals surface area contributed by atoms with E-state index >= 15 is 0 Å². The van der Waals surface area contributed by atoms with E-state index in [9.17, 15) is 4.79 Å². The van der Waals surface area contributed by atoms with Gasteiger partial charge in [-0.05, 0) is 32.1 Å². The van der Waals surface area contributed by atoms with Crippen molar-refractivity contribution in [3.63, 3.8) is 0 Å². The zero-order chi connectivity index (χ0) is 14.4. The number of esters is 1. The van der Waals surface area contributed by atoms with E-state index in [0.29, 0.717) is 6.61 Å². The van der Waals surface area contributed by atoms with Gasteiger partial charge in [-0.1, -0.05) is 12.8 Å². The number of nitrogens with one attached hydrogen (secondary N) is 1. The first-order valence-electron chi connectivity index (χ1n) is 7.86. The highest BCUT2D eigenvalue weighted by atomic mass is 127. The third kappa shape index (κ3) is 6.00. The molecule has 1 atom stereocenters. The zero-order valence-electron chi connectivity index (χ0n) is 13.1. The van der Waals surface area contributed by atoms with Crippen LogP contribution in [0.1, 0.15) is 39.0 Å². The highest BCUT2D eigenvalue weighted by Gasteiger charge is 2.28. The van der Waals surface area contributed by atoms with Crippen molar-refractivity contribution in [2.75, 3.05) is 33.3 Å². The average molecular weight is 409 g/mol. The van der Waals surface area contributed by atoms with Gasteiger partial charge < -0.3 is 15.0 Å². The quantitative estimate of drug-likeness (QED) is 0.328. The lowest BCUT2D eigenvalue weighted by atomic mass is 9.98. The van der Waals surface area contributed by atoms with Gasteiger partial charge in [-0.2, -0.15) is 0 Å². The molecule has 2 fully saturated rings. The van der Waals surface area contributed by atoms with Gasteiger partial charge in [0.25, 0.3) is 0 Å². The van der Waals surface area contributed by atoms with Crippen molar-refractivity contribution < 1.29 is 9.53 Å². The van der Waals surface area contributed by atoms with Crippen molar-refractivity contribution in [2.24, 2.45) is 16.8 Å². The molecule has 6 heteroatoms. The molecule has 1 unspecified atom stereocenters. The molecule has 21 heavy (non-hydrogen) atoms. The summed E-state index contributed by atoms with van der Waals surface area (Å²) in [6, 6.07) is 0. The smallest absolute Gasteiger partial charge is 0.310 e. The van der Waals surface area contributed by atoms with Crippen LogP contribution in [0.25, 0.3) is 0 Å². The molecule has 2 aliphatic rings. The Morgan fingerprint density at radius 2 is 2.14 bits per heavy atom. The molecule has 0 spiro atoms. The van der Waals surface area contributed by atoms with Gasteiger partial charge >= 0.3 is 5.97 Å². The summed E-state index contributed by atoms with van der Waals surface area (Å²) in [6.45, 7) is 5.00. The fourth-order valence-corrected chi connectivity index (χ4v) is 2.75. The van der Waals surface area contributed by atoms with Crippen LogP contribution in [0.2, 0.25) is 0 Å². The maximum Gasteiger partial charge on any atom is 0.310 e. The Hall–Kier alpha value is -0.530. The van der Waals surface area contributed by atoms with Crippen molar-refractivity contribution in [1.82, 2.24) is 10.2 Å². The standard InChI is InChI=1S/C15H27N3O2.HI/c1-3-20-14(19)13-5-4-10-18(11-13)15(16-2)17-9-8-12-6-7-12;/h12-13H,3-11H2,1-2H3,(H,16,17);1H. The maximum absolute atomic E-state index is 11.9. The number of guanidine groups is 1. The first-order valence-corrected chi connectivity index (χ1v) is 7.86. The summed E-state index contributed by atoms with van der Waals surface area (Å²) in [5.41, 5.74) is 0. The molecule has 1 saturated carbocycles. The van der Waals surface area contributed by atoms with E-state index in [4.69, 9.17) is 4.74 Å². The second-order valence-corrected chi connectivity index (χ2v) is 5.74. The summed E-state index contributed by atoms with van der Waals surface area (Å²) in [6.07, 6.45) is 5.94. The van der Waals surface area contributed by atoms with Gasteiger partial charge in [0.1, 0.15) is 0 Å². The van der Waals surface area contributed by atoms with Crippen molar-refractivity contribution in [3.05, 3.63) is 0 Å². The van der Waals surface area contributed by atoms with Gasteiger partial charge in [0.2, 0.25) is 0 Å². The van der Waals surface area contributed by atoms with Crippen LogP contribution in [0.5, 0.6) is 0 Å². The lowest BCUT2D eigenvalue weighted by molar-refractivity contribution is -0.149. The summed E-state index contributed by atoms with van der Waals surface area (Å²) in [7, 11) is 1.81. The average Bonchev–Trinajstić information content (AvgIpc) is 3.28. The number of likely N-dealkylation sites (tertiary alicyclic amines) is 1. The monoisotopic (exact) mass is 409 g/mol. The number of piperidine rings is 1. The molecule has 1 saturated heterocycles. The number of hydrogen-bond acceptors (Lipinski definition) is 3. The number of carbonyl (C=O) groups is 1. The summed E-state index contributed by atoms with van der Waals surface area (Å²) in [5, 5.41) is 3.43. The van der Waals surface area contributed by atoms with Gasteiger partial charge in [-0.3, -0.25) is 9.79 Å². The lowest BCUT2D eigenvalue weighted by Gasteiger charge is -2.34. The second-order valence-electron chi connectivity index (χ2n) is 5.74. The van der Waals surface area contributed by atoms with Crippen molar-refractivity contribution in [1.29, 1.82) is 0 Å². The normalized spacial score (nSPS) is 22.5. The summed E-state index contributed by atoms with van der Waals surface area (Å²) >= 11 is 0. The zero-order valence-corrected chi connectivity index (χ0v) is 15.5. The van der Waals surface area contributed by atoms with Crippen molar-refractivity contribution >= 4 is 35.9 Å². The fourth-order valence-electron chi connectivity index (χ4n) is 2.75. The van der Waals surface area contributed by atoms with Gasteiger partial charge in [-0.15, -0.1) is 24.0 Å². The molecule has 0 amide bonds. The van der Waals surface area contributed by atoms with Crippen LogP contribution >= 0.6 is 24.0 Å². The van der Waals surface area contributed by atoms with E-state index in [0.717, 1.165) is 44.4 Å². The fraction of sp³-hybridized carbons (Fsp3) is 0.867. The molecule has 1 aliphatic carbocycles. The molecular weight excluding hydrogens is 381 g/mol. The van der Waals surface area contributed by atoms with Crippen molar-refractivity contribution in [3.8, 4) is 0 Å². The first-order chi connectivity index (χ1) is 9.74. The SMILES string of the molecule is CCOC(=O)C1CCCN(C(=NC)NCCC2CC2)C1.I. The Morgan fingerprint density at radius 1 is 1.38 bits per heavy atom. The minimum Gasteiger partial charge on any atom is -0.466 e. The summed E-state index contributed by atoms with van der Waals surface area (Å²) in [4.78, 5) is 18.4. The highest BCUT2D eigenvalue weighted by molar-refractivity contribution is 14.0. The van der Waals surface area contributed by atoms with Gasteiger partial charge in [0, 0.05) is 26.7 Å². The highest BCUT2D eigenvalue weighted by Crippen LogP contribution is 2.31. The predicted octanol–water partition coefficient (Wildman–Crippen LogP) is 2.26. The molecule has 1 N–H and O–H groups in total. The van der Waals surface area contributed by atoms with E-state index in [2.05, 4.69) is 15.2 Å². The van der Waals surface area contributed by atoms with Gasteiger partial charge in [-0.25, -0.2) is 0 Å². The molecule has 5 nitrogen and oxygen atoms in total. The van der Waals surface area contributed by atoms with Crippen LogP contribution in [-0.2, 0) is 9.53 Å². The van der Waals surface area contributed by atoms with Gasteiger partial charge in [0.15, 0.2) is 5.96 Å². The maximum atomic E-state index is 11.9. The number of rotatable bonds is 5. The van der Waals surface area contributed by atoms with E-state index in [1.54, 1.807) is 0 Å². The number of hydrogen-bond donors (Lipinski definition) is 1. The van der Waals surface area contributed by atoms with E-state index < -0.39 is 0 Å². The predicted molar refractivity (Wildman–Crippen MR) is 95.0 cm³/mol. The molecular formula is C15H28IN3O2. The van der Waals surface area contributed by atoms with Gasteiger partial charge in [0.05, 0.1) is 12.5 Å². The van der Waals surface area contributed by atoms with Crippen LogP contribution in [0.4, 0.5) is 0 Å². The Labute approximate surface area is 144 Å². The molecule has 0 aromatic carbocycles. The third-order valence-electron chi connectivity index (χ3n) is 4.09. The Balaban J connectivity index is 0.00000220. The third-order valence-corrected chi connectivity index (χ3v) is 4.09. The Bertz CT molecular complexity index is 359. The topological polar surface area (TPSA) is 53.9 Å². The molecule has 0 aromatic rings. The van der Waals surface area contributed by atoms with E-state index in [1.807, 2.05) is 14.0 Å². The number of carbonyl (C=O) groups excluding carboxylic acids is 1. The second kappa shape index (κ2) is 9.48. The first kappa shape index (κ1) is 18.5.